The van der Waals surface area contributed by atoms with Gasteiger partial charge < -0.3 is 14.5 Å². The lowest BCUT2D eigenvalue weighted by atomic mass is 9.78. The average Bonchev–Trinajstić information content (AvgIpc) is 3.43. The van der Waals surface area contributed by atoms with Crippen LogP contribution < -0.4 is 4.74 Å². The average molecular weight is 443 g/mol. The summed E-state index contributed by atoms with van der Waals surface area (Å²) in [5.41, 5.74) is 1.57. The van der Waals surface area contributed by atoms with Gasteiger partial charge in [-0.2, -0.15) is 0 Å². The van der Waals surface area contributed by atoms with Crippen LogP contribution in [0.5, 0.6) is 5.75 Å². The second-order valence-electron chi connectivity index (χ2n) is 8.51. The number of carbonyl (C=O) groups is 2. The molecule has 0 N–H and O–H groups in total. The number of rotatable bonds is 3. The lowest BCUT2D eigenvalue weighted by Gasteiger charge is -2.39. The maximum absolute atomic E-state index is 13.1. The quantitative estimate of drug-likeness (QED) is 0.717. The van der Waals surface area contributed by atoms with E-state index in [0.717, 1.165) is 43.7 Å². The van der Waals surface area contributed by atoms with Gasteiger partial charge in [-0.25, -0.2) is 4.68 Å². The Hall–Kier alpha value is -2.94. The van der Waals surface area contributed by atoms with E-state index in [4.69, 9.17) is 16.3 Å². The molecular formula is C21H23ClN6O3. The van der Waals surface area contributed by atoms with Crippen LogP contribution in [0.4, 0.5) is 0 Å². The van der Waals surface area contributed by atoms with Crippen molar-refractivity contribution in [1.29, 1.82) is 0 Å². The summed E-state index contributed by atoms with van der Waals surface area (Å²) in [7, 11) is 0. The maximum atomic E-state index is 13.1. The second kappa shape index (κ2) is 7.96. The van der Waals surface area contributed by atoms with Crippen LogP contribution in [0.2, 0.25) is 5.02 Å². The monoisotopic (exact) mass is 442 g/mol. The van der Waals surface area contributed by atoms with Gasteiger partial charge in [0.05, 0.1) is 5.57 Å². The molecule has 31 heavy (non-hydrogen) atoms. The van der Waals surface area contributed by atoms with E-state index in [9.17, 15) is 9.59 Å². The van der Waals surface area contributed by atoms with Crippen LogP contribution >= 0.6 is 11.6 Å². The molecular weight excluding hydrogens is 420 g/mol. The number of fused-ring (bicyclic) bond motifs is 1. The first kappa shape index (κ1) is 20.0. The summed E-state index contributed by atoms with van der Waals surface area (Å²) in [5, 5.41) is 11.5. The van der Waals surface area contributed by atoms with Gasteiger partial charge in [0.2, 0.25) is 5.91 Å². The van der Waals surface area contributed by atoms with Crippen molar-refractivity contribution in [2.45, 2.75) is 25.8 Å². The fourth-order valence-corrected chi connectivity index (χ4v) is 4.89. The molecule has 162 valence electrons. The molecule has 1 spiro atoms. The van der Waals surface area contributed by atoms with E-state index in [0.29, 0.717) is 23.7 Å². The van der Waals surface area contributed by atoms with Crippen molar-refractivity contribution >= 4 is 29.5 Å². The summed E-state index contributed by atoms with van der Waals surface area (Å²) in [6.45, 7) is 3.28. The van der Waals surface area contributed by atoms with Gasteiger partial charge in [-0.15, -0.1) is 5.10 Å². The number of benzene rings is 1. The highest BCUT2D eigenvalue weighted by atomic mass is 35.5. The van der Waals surface area contributed by atoms with Crippen LogP contribution in [0.3, 0.4) is 0 Å². The van der Waals surface area contributed by atoms with Crippen molar-refractivity contribution < 1.29 is 14.3 Å². The zero-order chi connectivity index (χ0) is 21.4. The van der Waals surface area contributed by atoms with E-state index >= 15 is 0 Å². The van der Waals surface area contributed by atoms with E-state index in [1.165, 1.54) is 11.0 Å². The molecule has 0 unspecified atom stereocenters. The number of halogens is 1. The van der Waals surface area contributed by atoms with Crippen molar-refractivity contribution in [2.75, 3.05) is 32.8 Å². The largest absolute Gasteiger partial charge is 0.488 e. The predicted molar refractivity (Wildman–Crippen MR) is 112 cm³/mol. The van der Waals surface area contributed by atoms with E-state index < -0.39 is 0 Å². The predicted octanol–water partition coefficient (Wildman–Crippen LogP) is 1.64. The minimum Gasteiger partial charge on any atom is -0.488 e. The molecule has 4 heterocycles. The van der Waals surface area contributed by atoms with Crippen LogP contribution in [0.25, 0.3) is 6.08 Å². The summed E-state index contributed by atoms with van der Waals surface area (Å²) in [5.74, 6) is 0.798. The number of likely N-dealkylation sites (tertiary alicyclic amines) is 2. The van der Waals surface area contributed by atoms with Crippen LogP contribution in [-0.2, 0) is 16.1 Å². The molecule has 1 aromatic heterocycles. The summed E-state index contributed by atoms with van der Waals surface area (Å²) < 4.78 is 7.20. The minimum absolute atomic E-state index is 0.0231. The molecule has 2 amide bonds. The topological polar surface area (TPSA) is 93.5 Å². The second-order valence-corrected chi connectivity index (χ2v) is 8.94. The molecule has 1 aromatic carbocycles. The van der Waals surface area contributed by atoms with Gasteiger partial charge in [0.15, 0.2) is 0 Å². The van der Waals surface area contributed by atoms with E-state index in [2.05, 4.69) is 15.5 Å². The third-order valence-electron chi connectivity index (χ3n) is 6.55. The maximum Gasteiger partial charge on any atom is 0.253 e. The Morgan fingerprint density at radius 1 is 1.13 bits per heavy atom. The Bertz CT molecular complexity index is 1030. The van der Waals surface area contributed by atoms with Crippen molar-refractivity contribution in [3.05, 3.63) is 40.7 Å². The Morgan fingerprint density at radius 3 is 2.65 bits per heavy atom. The standard InChI is InChI=1S/C21H23ClN6O3/c22-17-1-2-18-15(10-17)9-16(12-31-18)20(30)27-8-5-21(13-27)3-6-26(7-4-21)19(29)11-28-14-23-24-25-28/h1-2,9-10,14H,3-8,11-13H2. The Labute approximate surface area is 184 Å². The highest BCUT2D eigenvalue weighted by Gasteiger charge is 2.43. The Balaban J connectivity index is 1.20. The van der Waals surface area contributed by atoms with Crippen LogP contribution in [0, 0.1) is 5.41 Å². The first-order valence-corrected chi connectivity index (χ1v) is 10.8. The Kier molecular flexibility index (Phi) is 5.13. The number of tetrazole rings is 1. The van der Waals surface area contributed by atoms with Gasteiger partial charge in [0.25, 0.3) is 5.91 Å². The third kappa shape index (κ3) is 4.01. The van der Waals surface area contributed by atoms with E-state index in [1.54, 1.807) is 6.07 Å². The molecule has 3 aliphatic rings. The van der Waals surface area contributed by atoms with Crippen molar-refractivity contribution in [3.63, 3.8) is 0 Å². The fraction of sp³-hybridized carbons (Fsp3) is 0.476. The zero-order valence-corrected chi connectivity index (χ0v) is 17.8. The first-order chi connectivity index (χ1) is 15.0. The summed E-state index contributed by atoms with van der Waals surface area (Å²) in [4.78, 5) is 29.4. The minimum atomic E-state index is 0.0231. The number of hydrogen-bond donors (Lipinski definition) is 0. The normalized spacial score (nSPS) is 19.7. The highest BCUT2D eigenvalue weighted by Crippen LogP contribution is 2.41. The molecule has 0 radical (unpaired) electrons. The van der Waals surface area contributed by atoms with Gasteiger partial charge in [-0.1, -0.05) is 11.6 Å². The molecule has 0 bridgehead atoms. The molecule has 2 aromatic rings. The van der Waals surface area contributed by atoms with Crippen LogP contribution in [0.15, 0.2) is 30.1 Å². The number of nitrogens with zero attached hydrogens (tertiary/aromatic N) is 6. The van der Waals surface area contributed by atoms with E-state index in [1.807, 2.05) is 28.0 Å². The number of ether oxygens (including phenoxy) is 1. The molecule has 9 nitrogen and oxygen atoms in total. The van der Waals surface area contributed by atoms with Gasteiger partial charge >= 0.3 is 0 Å². The molecule has 3 aliphatic heterocycles. The van der Waals surface area contributed by atoms with Gasteiger partial charge in [-0.3, -0.25) is 9.59 Å². The van der Waals surface area contributed by atoms with Crippen molar-refractivity contribution in [2.24, 2.45) is 5.41 Å². The summed E-state index contributed by atoms with van der Waals surface area (Å²) in [6.07, 6.45) is 6.08. The number of amides is 2. The van der Waals surface area contributed by atoms with Crippen molar-refractivity contribution in [1.82, 2.24) is 30.0 Å². The SMILES string of the molecule is O=C(Cn1cnnn1)N1CCC2(CC1)CCN(C(=O)C1=Cc3cc(Cl)ccc3OC1)C2. The molecule has 0 atom stereocenters. The molecule has 0 aliphatic carbocycles. The number of hydrogen-bond acceptors (Lipinski definition) is 6. The van der Waals surface area contributed by atoms with Crippen LogP contribution in [0.1, 0.15) is 24.8 Å². The first-order valence-electron chi connectivity index (χ1n) is 10.4. The summed E-state index contributed by atoms with van der Waals surface area (Å²) in [6, 6.07) is 5.43. The molecule has 5 rings (SSSR count). The van der Waals surface area contributed by atoms with Gasteiger partial charge in [0.1, 0.15) is 25.2 Å². The van der Waals surface area contributed by atoms with Gasteiger partial charge in [0, 0.05) is 36.8 Å². The zero-order valence-electron chi connectivity index (χ0n) is 17.0. The number of carbonyl (C=O) groups excluding carboxylic acids is 2. The van der Waals surface area contributed by atoms with Crippen LogP contribution in [-0.4, -0.2) is 74.6 Å². The number of aromatic nitrogens is 4. The third-order valence-corrected chi connectivity index (χ3v) is 6.79. The molecule has 2 fully saturated rings. The molecule has 2 saturated heterocycles. The molecule has 10 heteroatoms. The fourth-order valence-electron chi connectivity index (χ4n) is 4.71. The lowest BCUT2D eigenvalue weighted by Crippen LogP contribution is -2.45. The van der Waals surface area contributed by atoms with E-state index in [-0.39, 0.29) is 30.4 Å². The van der Waals surface area contributed by atoms with Gasteiger partial charge in [-0.05, 0) is 59.4 Å². The highest BCUT2D eigenvalue weighted by molar-refractivity contribution is 6.30. The molecule has 0 saturated carbocycles. The lowest BCUT2D eigenvalue weighted by molar-refractivity contribution is -0.135. The van der Waals surface area contributed by atoms with Crippen molar-refractivity contribution in [3.8, 4) is 5.75 Å². The Morgan fingerprint density at radius 2 is 1.90 bits per heavy atom. The number of piperidine rings is 1. The summed E-state index contributed by atoms with van der Waals surface area (Å²) >= 11 is 6.08. The smallest absolute Gasteiger partial charge is 0.253 e.